The van der Waals surface area contributed by atoms with E-state index in [1.807, 2.05) is 4.90 Å². The van der Waals surface area contributed by atoms with E-state index in [-0.39, 0.29) is 5.91 Å². The quantitative estimate of drug-likeness (QED) is 0.896. The minimum Gasteiger partial charge on any atom is -0.339 e. The minimum atomic E-state index is -0.0371. The molecule has 0 radical (unpaired) electrons. The first kappa shape index (κ1) is 18.3. The van der Waals surface area contributed by atoms with Gasteiger partial charge in [-0.3, -0.25) is 4.79 Å². The number of carbonyl (C=O) groups is 1. The van der Waals surface area contributed by atoms with Crippen molar-refractivity contribution in [1.82, 2.24) is 19.8 Å². The van der Waals surface area contributed by atoms with Crippen LogP contribution in [-0.4, -0.2) is 58.4 Å². The van der Waals surface area contributed by atoms with E-state index in [0.717, 1.165) is 44.8 Å². The predicted octanol–water partition coefficient (Wildman–Crippen LogP) is 2.87. The van der Waals surface area contributed by atoms with Gasteiger partial charge in [0.2, 0.25) is 0 Å². The van der Waals surface area contributed by atoms with Crippen molar-refractivity contribution in [2.24, 2.45) is 0 Å². The zero-order valence-corrected chi connectivity index (χ0v) is 15.8. The van der Waals surface area contributed by atoms with Crippen LogP contribution in [0.25, 0.3) is 0 Å². The zero-order valence-electron chi connectivity index (χ0n) is 15.8. The molecule has 0 spiro atoms. The normalized spacial score (nSPS) is 15.1. The number of aryl methyl sites for hydroxylation is 2. The van der Waals surface area contributed by atoms with Crippen molar-refractivity contribution in [3.05, 3.63) is 47.4 Å². The first-order valence-corrected chi connectivity index (χ1v) is 9.31. The Labute approximate surface area is 155 Å². The molecule has 0 aliphatic carbocycles. The van der Waals surface area contributed by atoms with Crippen LogP contribution in [0, 0.1) is 6.92 Å². The molecular weight excluding hydrogens is 326 g/mol. The Morgan fingerprint density at radius 1 is 1.12 bits per heavy atom. The number of aromatic nitrogens is 2. The van der Waals surface area contributed by atoms with Gasteiger partial charge < -0.3 is 15.1 Å². The monoisotopic (exact) mass is 353 g/mol. The Balaban J connectivity index is 1.68. The van der Waals surface area contributed by atoms with Gasteiger partial charge in [-0.05, 0) is 31.0 Å². The van der Waals surface area contributed by atoms with Crippen molar-refractivity contribution < 1.29 is 4.79 Å². The van der Waals surface area contributed by atoms with Crippen molar-refractivity contribution in [2.45, 2.75) is 27.2 Å². The van der Waals surface area contributed by atoms with Crippen molar-refractivity contribution in [2.75, 3.05) is 38.0 Å². The molecule has 3 rings (SSSR count). The summed E-state index contributed by atoms with van der Waals surface area (Å²) in [5.41, 5.74) is 3.88. The van der Waals surface area contributed by atoms with Crippen LogP contribution in [0.2, 0.25) is 0 Å². The fourth-order valence-electron chi connectivity index (χ4n) is 3.26. The van der Waals surface area contributed by atoms with Gasteiger partial charge in [0.05, 0.1) is 12.4 Å². The lowest BCUT2D eigenvalue weighted by atomic mass is 10.1. The number of anilines is 2. The molecule has 138 valence electrons. The van der Waals surface area contributed by atoms with Crippen molar-refractivity contribution in [1.29, 1.82) is 0 Å². The standard InChI is InChI=1S/C20H27N5O/c1-4-16-8-6-7-15(3)19(16)23-18-14-21-17(13-22-18)20(26)25-11-9-24(5-2)10-12-25/h6-8,13-14H,4-5,9-12H2,1-3H3,(H,22,23). The van der Waals surface area contributed by atoms with E-state index in [4.69, 9.17) is 0 Å². The second-order valence-electron chi connectivity index (χ2n) is 6.60. The molecular formula is C20H27N5O. The number of amides is 1. The summed E-state index contributed by atoms with van der Waals surface area (Å²) >= 11 is 0. The average Bonchev–Trinajstić information content (AvgIpc) is 2.69. The lowest BCUT2D eigenvalue weighted by molar-refractivity contribution is 0.0637. The number of rotatable bonds is 5. The summed E-state index contributed by atoms with van der Waals surface area (Å²) in [4.78, 5) is 25.6. The minimum absolute atomic E-state index is 0.0371. The van der Waals surface area contributed by atoms with Crippen LogP contribution in [0.15, 0.2) is 30.6 Å². The maximum absolute atomic E-state index is 12.6. The molecule has 6 nitrogen and oxygen atoms in total. The Morgan fingerprint density at radius 2 is 1.88 bits per heavy atom. The van der Waals surface area contributed by atoms with Crippen LogP contribution in [0.4, 0.5) is 11.5 Å². The molecule has 1 aliphatic heterocycles. The van der Waals surface area contributed by atoms with E-state index < -0.39 is 0 Å². The molecule has 6 heteroatoms. The van der Waals surface area contributed by atoms with Gasteiger partial charge in [0.15, 0.2) is 0 Å². The van der Waals surface area contributed by atoms with Gasteiger partial charge in [-0.1, -0.05) is 32.0 Å². The molecule has 0 bridgehead atoms. The van der Waals surface area contributed by atoms with E-state index in [1.165, 1.54) is 11.1 Å². The lowest BCUT2D eigenvalue weighted by Gasteiger charge is -2.33. The number of para-hydroxylation sites is 1. The Morgan fingerprint density at radius 3 is 2.50 bits per heavy atom. The summed E-state index contributed by atoms with van der Waals surface area (Å²) in [6.07, 6.45) is 4.15. The van der Waals surface area contributed by atoms with Gasteiger partial charge in [0.25, 0.3) is 5.91 Å². The first-order chi connectivity index (χ1) is 12.6. The molecule has 26 heavy (non-hydrogen) atoms. The number of nitrogens with zero attached hydrogens (tertiary/aromatic N) is 4. The summed E-state index contributed by atoms with van der Waals surface area (Å²) in [6, 6.07) is 6.24. The molecule has 1 N–H and O–H groups in total. The number of benzene rings is 1. The molecule has 2 heterocycles. The third-order valence-corrected chi connectivity index (χ3v) is 4.97. The summed E-state index contributed by atoms with van der Waals surface area (Å²) < 4.78 is 0. The van der Waals surface area contributed by atoms with Crippen LogP contribution in [0.3, 0.4) is 0 Å². The highest BCUT2D eigenvalue weighted by atomic mass is 16.2. The maximum atomic E-state index is 12.6. The fraction of sp³-hybridized carbons (Fsp3) is 0.450. The van der Waals surface area contributed by atoms with Gasteiger partial charge in [0, 0.05) is 31.9 Å². The number of hydrogen-bond acceptors (Lipinski definition) is 5. The van der Waals surface area contributed by atoms with Gasteiger partial charge in [-0.2, -0.15) is 0 Å². The SMILES string of the molecule is CCc1cccc(C)c1Nc1cnc(C(=O)N2CCN(CC)CC2)cn1. The van der Waals surface area contributed by atoms with Gasteiger partial charge in [0.1, 0.15) is 11.5 Å². The van der Waals surface area contributed by atoms with E-state index in [1.54, 1.807) is 12.4 Å². The predicted molar refractivity (Wildman–Crippen MR) is 104 cm³/mol. The average molecular weight is 353 g/mol. The third kappa shape index (κ3) is 4.02. The summed E-state index contributed by atoms with van der Waals surface area (Å²) in [5.74, 6) is 0.617. The van der Waals surface area contributed by atoms with E-state index in [0.29, 0.717) is 11.5 Å². The second kappa shape index (κ2) is 8.27. The molecule has 1 fully saturated rings. The van der Waals surface area contributed by atoms with Crippen LogP contribution in [-0.2, 0) is 6.42 Å². The summed E-state index contributed by atoms with van der Waals surface area (Å²) in [7, 11) is 0. The van der Waals surface area contributed by atoms with Crippen LogP contribution >= 0.6 is 0 Å². The lowest BCUT2D eigenvalue weighted by Crippen LogP contribution is -2.48. The molecule has 1 aromatic heterocycles. The second-order valence-corrected chi connectivity index (χ2v) is 6.60. The van der Waals surface area contributed by atoms with E-state index in [2.05, 4.69) is 59.2 Å². The molecule has 0 atom stereocenters. The summed E-state index contributed by atoms with van der Waals surface area (Å²) in [5, 5.41) is 3.35. The number of likely N-dealkylation sites (N-methyl/N-ethyl adjacent to an activating group) is 1. The molecule has 0 unspecified atom stereocenters. The molecule has 1 aliphatic rings. The number of carbonyl (C=O) groups excluding carboxylic acids is 1. The highest BCUT2D eigenvalue weighted by molar-refractivity contribution is 5.92. The first-order valence-electron chi connectivity index (χ1n) is 9.31. The van der Waals surface area contributed by atoms with Crippen molar-refractivity contribution in [3.63, 3.8) is 0 Å². The largest absolute Gasteiger partial charge is 0.339 e. The Bertz CT molecular complexity index is 751. The molecule has 2 aromatic rings. The molecule has 1 amide bonds. The zero-order chi connectivity index (χ0) is 18.5. The smallest absolute Gasteiger partial charge is 0.274 e. The van der Waals surface area contributed by atoms with Crippen molar-refractivity contribution in [3.8, 4) is 0 Å². The summed E-state index contributed by atoms with van der Waals surface area (Å²) in [6.45, 7) is 10.7. The highest BCUT2D eigenvalue weighted by Gasteiger charge is 2.22. The van der Waals surface area contributed by atoms with Crippen LogP contribution in [0.1, 0.15) is 35.5 Å². The molecule has 0 saturated carbocycles. The maximum Gasteiger partial charge on any atom is 0.274 e. The fourth-order valence-corrected chi connectivity index (χ4v) is 3.26. The Kier molecular flexibility index (Phi) is 5.83. The number of piperazine rings is 1. The van der Waals surface area contributed by atoms with E-state index in [9.17, 15) is 4.79 Å². The number of hydrogen-bond donors (Lipinski definition) is 1. The van der Waals surface area contributed by atoms with Gasteiger partial charge >= 0.3 is 0 Å². The molecule has 1 saturated heterocycles. The third-order valence-electron chi connectivity index (χ3n) is 4.97. The number of nitrogens with one attached hydrogen (secondary N) is 1. The Hall–Kier alpha value is -2.47. The highest BCUT2D eigenvalue weighted by Crippen LogP contribution is 2.24. The van der Waals surface area contributed by atoms with E-state index >= 15 is 0 Å². The van der Waals surface area contributed by atoms with Crippen molar-refractivity contribution >= 4 is 17.4 Å². The van der Waals surface area contributed by atoms with Gasteiger partial charge in [-0.15, -0.1) is 0 Å². The van der Waals surface area contributed by atoms with Crippen LogP contribution < -0.4 is 5.32 Å². The molecule has 1 aromatic carbocycles. The van der Waals surface area contributed by atoms with Gasteiger partial charge in [-0.25, -0.2) is 9.97 Å². The van der Waals surface area contributed by atoms with Crippen LogP contribution in [0.5, 0.6) is 0 Å². The topological polar surface area (TPSA) is 61.4 Å².